The van der Waals surface area contributed by atoms with Crippen molar-refractivity contribution in [2.75, 3.05) is 0 Å². The zero-order chi connectivity index (χ0) is 6.69. The van der Waals surface area contributed by atoms with Crippen molar-refractivity contribution in [3.63, 3.8) is 0 Å². The molecule has 3 heteroatoms. The van der Waals surface area contributed by atoms with Crippen LogP contribution >= 0.6 is 12.6 Å². The van der Waals surface area contributed by atoms with Crippen molar-refractivity contribution in [2.24, 2.45) is 0 Å². The molecule has 1 rings (SSSR count). The summed E-state index contributed by atoms with van der Waals surface area (Å²) >= 11 is 3.99. The fourth-order valence-corrected chi connectivity index (χ4v) is 0.695. The monoisotopic (exact) mass is 136 g/mol. The quantitative estimate of drug-likeness (QED) is 0.545. The Morgan fingerprint density at radius 2 is 2.33 bits per heavy atom. The smallest absolute Gasteiger partial charge is 0.101 e. The molecule has 0 saturated carbocycles. The number of nitrogens with zero attached hydrogens (tertiary/aromatic N) is 2. The van der Waals surface area contributed by atoms with E-state index in [1.54, 1.807) is 12.3 Å². The molecule has 0 unspecified atom stereocenters. The third-order valence-corrected chi connectivity index (χ3v) is 1.10. The van der Waals surface area contributed by atoms with E-state index in [9.17, 15) is 0 Å². The molecule has 1 aromatic heterocycles. The molecule has 0 aliphatic heterocycles. The highest BCUT2D eigenvalue weighted by Crippen LogP contribution is 2.04. The van der Waals surface area contributed by atoms with Crippen molar-refractivity contribution in [1.29, 1.82) is 5.26 Å². The molecule has 0 fully saturated rings. The van der Waals surface area contributed by atoms with Crippen molar-refractivity contribution >= 4 is 12.6 Å². The summed E-state index contributed by atoms with van der Waals surface area (Å²) in [4.78, 5) is 4.47. The van der Waals surface area contributed by atoms with Crippen LogP contribution in [0.5, 0.6) is 0 Å². The molecular formula is C6H4N2S. The number of hydrogen-bond donors (Lipinski definition) is 1. The van der Waals surface area contributed by atoms with Crippen LogP contribution < -0.4 is 0 Å². The molecule has 0 atom stereocenters. The van der Waals surface area contributed by atoms with Gasteiger partial charge in [-0.2, -0.15) is 5.26 Å². The summed E-state index contributed by atoms with van der Waals surface area (Å²) in [5.41, 5.74) is 0.544. The molecular weight excluding hydrogens is 132 g/mol. The largest absolute Gasteiger partial charge is 0.262 e. The van der Waals surface area contributed by atoms with Crippen molar-refractivity contribution in [1.82, 2.24) is 4.98 Å². The zero-order valence-electron chi connectivity index (χ0n) is 4.57. The lowest BCUT2D eigenvalue weighted by atomic mass is 10.3. The lowest BCUT2D eigenvalue weighted by Gasteiger charge is -1.87. The van der Waals surface area contributed by atoms with Gasteiger partial charge < -0.3 is 0 Å². The first kappa shape index (κ1) is 6.12. The summed E-state index contributed by atoms with van der Waals surface area (Å²) < 4.78 is 0. The topological polar surface area (TPSA) is 36.7 Å². The molecule has 0 saturated heterocycles. The maximum absolute atomic E-state index is 8.34. The van der Waals surface area contributed by atoms with Gasteiger partial charge in [0.1, 0.15) is 6.07 Å². The van der Waals surface area contributed by atoms with Crippen LogP contribution in [0.2, 0.25) is 0 Å². The van der Waals surface area contributed by atoms with E-state index >= 15 is 0 Å². The number of hydrogen-bond acceptors (Lipinski definition) is 3. The van der Waals surface area contributed by atoms with Gasteiger partial charge in [0, 0.05) is 17.3 Å². The molecule has 0 aliphatic rings. The highest BCUT2D eigenvalue weighted by molar-refractivity contribution is 7.80. The number of rotatable bonds is 0. The fourth-order valence-electron chi connectivity index (χ4n) is 0.489. The van der Waals surface area contributed by atoms with E-state index < -0.39 is 0 Å². The van der Waals surface area contributed by atoms with E-state index in [0.29, 0.717) is 10.5 Å². The van der Waals surface area contributed by atoms with Crippen LogP contribution in [0.4, 0.5) is 0 Å². The van der Waals surface area contributed by atoms with E-state index in [1.807, 2.05) is 6.07 Å². The van der Waals surface area contributed by atoms with Gasteiger partial charge in [0.15, 0.2) is 0 Å². The van der Waals surface area contributed by atoms with Gasteiger partial charge in [0.2, 0.25) is 0 Å². The third kappa shape index (κ3) is 1.44. The van der Waals surface area contributed by atoms with Gasteiger partial charge in [-0.1, -0.05) is 0 Å². The lowest BCUT2D eigenvalue weighted by Crippen LogP contribution is -1.76. The molecule has 0 bridgehead atoms. The molecule has 0 spiro atoms. The molecule has 9 heavy (non-hydrogen) atoms. The van der Waals surface area contributed by atoms with Gasteiger partial charge in [0.05, 0.1) is 5.56 Å². The molecule has 0 N–H and O–H groups in total. The minimum absolute atomic E-state index is 0.544. The molecule has 0 aliphatic carbocycles. The maximum atomic E-state index is 8.34. The van der Waals surface area contributed by atoms with E-state index in [1.165, 1.54) is 6.20 Å². The van der Waals surface area contributed by atoms with Gasteiger partial charge in [-0.15, -0.1) is 12.6 Å². The average Bonchev–Trinajstić information content (AvgIpc) is 1.88. The van der Waals surface area contributed by atoms with Gasteiger partial charge in [-0.25, -0.2) is 0 Å². The Bertz CT molecular complexity index is 251. The van der Waals surface area contributed by atoms with Crippen LogP contribution in [0.25, 0.3) is 0 Å². The van der Waals surface area contributed by atoms with Gasteiger partial charge >= 0.3 is 0 Å². The highest BCUT2D eigenvalue weighted by atomic mass is 32.1. The highest BCUT2D eigenvalue weighted by Gasteiger charge is 1.88. The Labute approximate surface area is 58.6 Å². The van der Waals surface area contributed by atoms with E-state index in [-0.39, 0.29) is 0 Å². The molecule has 2 nitrogen and oxygen atoms in total. The van der Waals surface area contributed by atoms with Crippen LogP contribution in [0.3, 0.4) is 0 Å². The number of thiol groups is 1. The van der Waals surface area contributed by atoms with Crippen LogP contribution in [0.15, 0.2) is 23.4 Å². The predicted molar refractivity (Wildman–Crippen MR) is 36.2 cm³/mol. The summed E-state index contributed by atoms with van der Waals surface area (Å²) in [6, 6.07) is 3.62. The zero-order valence-corrected chi connectivity index (χ0v) is 5.47. The van der Waals surface area contributed by atoms with Crippen LogP contribution in [-0.2, 0) is 0 Å². The molecule has 0 radical (unpaired) electrons. The molecule has 44 valence electrons. The predicted octanol–water partition coefficient (Wildman–Crippen LogP) is 1.24. The summed E-state index contributed by atoms with van der Waals surface area (Å²) in [6.07, 6.45) is 3.09. The second-order valence-electron chi connectivity index (χ2n) is 1.54. The van der Waals surface area contributed by atoms with E-state index in [2.05, 4.69) is 17.6 Å². The first-order chi connectivity index (χ1) is 4.33. The Balaban J connectivity index is 3.12. The van der Waals surface area contributed by atoms with E-state index in [0.717, 1.165) is 0 Å². The minimum atomic E-state index is 0.544. The first-order valence-electron chi connectivity index (χ1n) is 2.37. The Morgan fingerprint density at radius 3 is 2.78 bits per heavy atom. The summed E-state index contributed by atoms with van der Waals surface area (Å²) in [6.45, 7) is 0. The van der Waals surface area contributed by atoms with Crippen molar-refractivity contribution < 1.29 is 0 Å². The molecule has 0 aromatic carbocycles. The Hall–Kier alpha value is -1.01. The Morgan fingerprint density at radius 1 is 1.56 bits per heavy atom. The van der Waals surface area contributed by atoms with Gasteiger partial charge in [-0.3, -0.25) is 4.98 Å². The van der Waals surface area contributed by atoms with Gasteiger partial charge in [0.25, 0.3) is 0 Å². The third-order valence-electron chi connectivity index (χ3n) is 0.853. The first-order valence-corrected chi connectivity index (χ1v) is 2.82. The minimum Gasteiger partial charge on any atom is -0.262 e. The van der Waals surface area contributed by atoms with E-state index in [4.69, 9.17) is 5.26 Å². The second-order valence-corrected chi connectivity index (χ2v) is 2.06. The normalized spacial score (nSPS) is 8.44. The summed E-state index contributed by atoms with van der Waals surface area (Å²) in [7, 11) is 0. The maximum Gasteiger partial charge on any atom is 0.101 e. The number of nitriles is 1. The van der Waals surface area contributed by atoms with Crippen molar-refractivity contribution in [3.8, 4) is 6.07 Å². The van der Waals surface area contributed by atoms with Gasteiger partial charge in [-0.05, 0) is 6.07 Å². The Kier molecular flexibility index (Phi) is 1.71. The van der Waals surface area contributed by atoms with Crippen molar-refractivity contribution in [2.45, 2.75) is 4.90 Å². The number of aromatic nitrogens is 1. The average molecular weight is 136 g/mol. The SMILES string of the molecule is N#Cc1cncc(S)c1. The lowest BCUT2D eigenvalue weighted by molar-refractivity contribution is 1.22. The van der Waals surface area contributed by atoms with Crippen LogP contribution in [-0.4, -0.2) is 4.98 Å². The number of pyridine rings is 1. The second kappa shape index (κ2) is 2.51. The summed E-state index contributed by atoms with van der Waals surface area (Å²) in [5.74, 6) is 0. The fraction of sp³-hybridized carbons (Fsp3) is 0. The van der Waals surface area contributed by atoms with Crippen molar-refractivity contribution in [3.05, 3.63) is 24.0 Å². The molecule has 1 heterocycles. The van der Waals surface area contributed by atoms with Crippen LogP contribution in [0, 0.1) is 11.3 Å². The molecule has 0 amide bonds. The standard InChI is InChI=1S/C6H4N2S/c7-2-5-1-6(9)4-8-3-5/h1,3-4,9H. The summed E-state index contributed by atoms with van der Waals surface area (Å²) in [5, 5.41) is 8.34. The molecule has 1 aromatic rings. The van der Waals surface area contributed by atoms with Crippen LogP contribution in [0.1, 0.15) is 5.56 Å².